The minimum absolute atomic E-state index is 0.0912. The second-order valence-corrected chi connectivity index (χ2v) is 5.43. The van der Waals surface area contributed by atoms with E-state index in [-0.39, 0.29) is 10.7 Å². The van der Waals surface area contributed by atoms with Crippen LogP contribution in [-0.4, -0.2) is 27.2 Å². The molecule has 1 amide bonds. The van der Waals surface area contributed by atoms with Gasteiger partial charge in [-0.2, -0.15) is 0 Å². The number of carbonyl (C=O) groups is 1. The van der Waals surface area contributed by atoms with Crippen LogP contribution >= 0.6 is 15.9 Å². The van der Waals surface area contributed by atoms with Gasteiger partial charge in [-0.1, -0.05) is 15.9 Å². The van der Waals surface area contributed by atoms with Crippen molar-refractivity contribution in [2.45, 2.75) is 11.2 Å². The third-order valence-corrected chi connectivity index (χ3v) is 3.55. The molecular weight excluding hydrogens is 284 g/mol. The van der Waals surface area contributed by atoms with Crippen LogP contribution in [0, 0.1) is 0 Å². The summed E-state index contributed by atoms with van der Waals surface area (Å²) in [6.45, 7) is 0.652. The fraction of sp³-hybridized carbons (Fsp3) is 0.273. The predicted octanol–water partition coefficient (Wildman–Crippen LogP) is 1.65. The Balaban J connectivity index is 2.10. The van der Waals surface area contributed by atoms with Crippen LogP contribution in [-0.2, 0) is 4.79 Å². The van der Waals surface area contributed by atoms with E-state index >= 15 is 0 Å². The number of H-pyrrole nitrogens is 1. The molecule has 17 heavy (non-hydrogen) atoms. The molecular formula is C11H11BrN4O. The van der Waals surface area contributed by atoms with E-state index in [1.165, 1.54) is 0 Å². The number of nitrogens with one attached hydrogen (secondary N) is 1. The molecule has 0 aliphatic carbocycles. The molecule has 88 valence electrons. The number of halogens is 1. The lowest BCUT2D eigenvalue weighted by Crippen LogP contribution is -2.25. The van der Waals surface area contributed by atoms with E-state index in [1.54, 1.807) is 11.2 Å². The molecule has 1 unspecified atom stereocenters. The van der Waals surface area contributed by atoms with Gasteiger partial charge in [0.05, 0.1) is 28.7 Å². The number of benzene rings is 1. The van der Waals surface area contributed by atoms with E-state index < -0.39 is 0 Å². The molecule has 1 saturated heterocycles. The van der Waals surface area contributed by atoms with E-state index in [9.17, 15) is 4.79 Å². The van der Waals surface area contributed by atoms with Gasteiger partial charge in [0.25, 0.3) is 0 Å². The number of amides is 1. The highest BCUT2D eigenvalue weighted by molar-refractivity contribution is 9.09. The van der Waals surface area contributed by atoms with Crippen LogP contribution in [0.2, 0.25) is 0 Å². The summed E-state index contributed by atoms with van der Waals surface area (Å²) in [5, 5.41) is 0. The zero-order valence-electron chi connectivity index (χ0n) is 8.98. The number of aromatic amines is 1. The molecule has 0 radical (unpaired) electrons. The van der Waals surface area contributed by atoms with E-state index in [1.807, 2.05) is 12.1 Å². The van der Waals surface area contributed by atoms with Crippen molar-refractivity contribution in [3.05, 3.63) is 18.5 Å². The Morgan fingerprint density at radius 1 is 1.53 bits per heavy atom. The number of nitrogens with two attached hydrogens (primary N) is 1. The van der Waals surface area contributed by atoms with Gasteiger partial charge in [0.2, 0.25) is 5.91 Å². The number of imidazole rings is 1. The number of aromatic nitrogens is 2. The van der Waals surface area contributed by atoms with Crippen LogP contribution in [0.4, 0.5) is 11.4 Å². The average Bonchev–Trinajstić information content (AvgIpc) is 2.83. The number of hydrogen-bond donors (Lipinski definition) is 2. The van der Waals surface area contributed by atoms with Gasteiger partial charge in [-0.25, -0.2) is 4.98 Å². The molecule has 2 aromatic rings. The topological polar surface area (TPSA) is 75.0 Å². The number of nitrogens with zero attached hydrogens (tertiary/aromatic N) is 2. The highest BCUT2D eigenvalue weighted by Crippen LogP contribution is 2.32. The number of carbonyl (C=O) groups excluding carboxylic acids is 1. The van der Waals surface area contributed by atoms with Gasteiger partial charge in [-0.05, 0) is 12.1 Å². The molecule has 6 heteroatoms. The number of rotatable bonds is 1. The number of fused-ring (bicyclic) bond motifs is 1. The molecule has 3 rings (SSSR count). The van der Waals surface area contributed by atoms with Gasteiger partial charge in [0, 0.05) is 17.8 Å². The predicted molar refractivity (Wildman–Crippen MR) is 70.2 cm³/mol. The highest BCUT2D eigenvalue weighted by atomic mass is 79.9. The third-order valence-electron chi connectivity index (χ3n) is 2.94. The monoisotopic (exact) mass is 294 g/mol. The Hall–Kier alpha value is -1.56. The average molecular weight is 295 g/mol. The minimum atomic E-state index is 0.0912. The van der Waals surface area contributed by atoms with Crippen molar-refractivity contribution in [3.8, 4) is 0 Å². The Morgan fingerprint density at radius 2 is 2.35 bits per heavy atom. The number of anilines is 2. The van der Waals surface area contributed by atoms with Crippen molar-refractivity contribution in [2.75, 3.05) is 17.2 Å². The molecule has 1 aliphatic heterocycles. The lowest BCUT2D eigenvalue weighted by molar-refractivity contribution is -0.117. The molecule has 0 bridgehead atoms. The van der Waals surface area contributed by atoms with Crippen molar-refractivity contribution in [1.82, 2.24) is 9.97 Å². The number of hydrogen-bond acceptors (Lipinski definition) is 3. The van der Waals surface area contributed by atoms with Crippen molar-refractivity contribution >= 4 is 44.2 Å². The SMILES string of the molecule is Nc1cc2[nH]cnc2cc1N1CC(Br)CC1=O. The summed E-state index contributed by atoms with van der Waals surface area (Å²) >= 11 is 3.46. The fourth-order valence-corrected chi connectivity index (χ4v) is 2.68. The maximum absolute atomic E-state index is 11.8. The van der Waals surface area contributed by atoms with Crippen molar-refractivity contribution in [3.63, 3.8) is 0 Å². The van der Waals surface area contributed by atoms with Crippen LogP contribution in [0.25, 0.3) is 11.0 Å². The summed E-state index contributed by atoms with van der Waals surface area (Å²) in [5.74, 6) is 0.0912. The first-order valence-corrected chi connectivity index (χ1v) is 6.24. The van der Waals surface area contributed by atoms with Gasteiger partial charge in [-0.3, -0.25) is 4.79 Å². The molecule has 2 heterocycles. The summed E-state index contributed by atoms with van der Waals surface area (Å²) in [7, 11) is 0. The Kier molecular flexibility index (Phi) is 2.32. The van der Waals surface area contributed by atoms with E-state index in [4.69, 9.17) is 5.73 Å². The van der Waals surface area contributed by atoms with E-state index in [2.05, 4.69) is 25.9 Å². The fourth-order valence-electron chi connectivity index (χ4n) is 2.12. The van der Waals surface area contributed by atoms with Crippen molar-refractivity contribution in [1.29, 1.82) is 0 Å². The summed E-state index contributed by atoms with van der Waals surface area (Å²) in [5.41, 5.74) is 9.02. The first-order chi connectivity index (χ1) is 8.15. The first-order valence-electron chi connectivity index (χ1n) is 5.32. The zero-order chi connectivity index (χ0) is 12.0. The van der Waals surface area contributed by atoms with Crippen LogP contribution in [0.5, 0.6) is 0 Å². The second kappa shape index (κ2) is 3.73. The summed E-state index contributed by atoms with van der Waals surface area (Å²) in [6, 6.07) is 3.66. The smallest absolute Gasteiger partial charge is 0.228 e. The third kappa shape index (κ3) is 1.68. The van der Waals surface area contributed by atoms with Gasteiger partial charge in [0.1, 0.15) is 0 Å². The van der Waals surface area contributed by atoms with Crippen LogP contribution in [0.1, 0.15) is 6.42 Å². The Labute approximate surface area is 106 Å². The number of alkyl halides is 1. The summed E-state index contributed by atoms with van der Waals surface area (Å²) < 4.78 is 0. The highest BCUT2D eigenvalue weighted by Gasteiger charge is 2.30. The first kappa shape index (κ1) is 10.6. The van der Waals surface area contributed by atoms with Crippen LogP contribution in [0.15, 0.2) is 18.5 Å². The lowest BCUT2D eigenvalue weighted by Gasteiger charge is -2.18. The molecule has 1 atom stereocenters. The maximum Gasteiger partial charge on any atom is 0.228 e. The Bertz CT molecular complexity index is 594. The van der Waals surface area contributed by atoms with Crippen molar-refractivity contribution in [2.24, 2.45) is 0 Å². The molecule has 3 N–H and O–H groups in total. The Morgan fingerprint density at radius 3 is 3.06 bits per heavy atom. The quantitative estimate of drug-likeness (QED) is 0.620. The molecule has 1 aromatic heterocycles. The van der Waals surface area contributed by atoms with Gasteiger partial charge in [0.15, 0.2) is 0 Å². The molecule has 5 nitrogen and oxygen atoms in total. The largest absolute Gasteiger partial charge is 0.397 e. The standard InChI is InChI=1S/C11H11BrN4O/c12-6-1-11(17)16(4-6)10-3-9-8(2-7(10)13)14-5-15-9/h2-3,5-6H,1,4,13H2,(H,14,15). The zero-order valence-corrected chi connectivity index (χ0v) is 10.6. The van der Waals surface area contributed by atoms with E-state index in [0.717, 1.165) is 16.7 Å². The van der Waals surface area contributed by atoms with Crippen molar-refractivity contribution < 1.29 is 4.79 Å². The lowest BCUT2D eigenvalue weighted by atomic mass is 10.2. The van der Waals surface area contributed by atoms with Gasteiger partial charge in [-0.15, -0.1) is 0 Å². The second-order valence-electron chi connectivity index (χ2n) is 4.14. The molecule has 0 spiro atoms. The maximum atomic E-state index is 11.8. The summed E-state index contributed by atoms with van der Waals surface area (Å²) in [6.07, 6.45) is 2.13. The number of nitrogen functional groups attached to an aromatic ring is 1. The minimum Gasteiger partial charge on any atom is -0.397 e. The van der Waals surface area contributed by atoms with Crippen LogP contribution in [0.3, 0.4) is 0 Å². The van der Waals surface area contributed by atoms with E-state index in [0.29, 0.717) is 18.7 Å². The van der Waals surface area contributed by atoms with Gasteiger partial charge >= 0.3 is 0 Å². The molecule has 0 saturated carbocycles. The molecule has 1 aromatic carbocycles. The van der Waals surface area contributed by atoms with Gasteiger partial charge < -0.3 is 15.6 Å². The van der Waals surface area contributed by atoms with Crippen LogP contribution < -0.4 is 10.6 Å². The summed E-state index contributed by atoms with van der Waals surface area (Å²) in [4.78, 5) is 20.9. The molecule has 1 aliphatic rings. The normalized spacial score (nSPS) is 20.4. The molecule has 1 fully saturated rings.